The van der Waals surface area contributed by atoms with Gasteiger partial charge in [0.05, 0.1) is 6.54 Å². The summed E-state index contributed by atoms with van der Waals surface area (Å²) in [6, 6.07) is 17.2. The van der Waals surface area contributed by atoms with E-state index in [0.717, 1.165) is 11.1 Å². The molecule has 5 heteroatoms. The summed E-state index contributed by atoms with van der Waals surface area (Å²) >= 11 is 6.09. The Morgan fingerprint density at radius 2 is 1.73 bits per heavy atom. The maximum Gasteiger partial charge on any atom is 0.274 e. The second-order valence-corrected chi connectivity index (χ2v) is 5.22. The number of carbonyl (C=O) groups is 1. The predicted octanol–water partition coefficient (Wildman–Crippen LogP) is 2.96. The normalized spacial score (nSPS) is 17.6. The molecule has 1 saturated heterocycles. The lowest BCUT2D eigenvalue weighted by Crippen LogP contribution is -2.25. The molecule has 3 rings (SSSR count). The van der Waals surface area contributed by atoms with E-state index in [1.165, 1.54) is 0 Å². The summed E-state index contributed by atoms with van der Waals surface area (Å²) in [5, 5.41) is 6.28. The molecular weight excluding hydrogens is 298 g/mol. The fraction of sp³-hybridized carbons (Fsp3) is 0.0588. The van der Waals surface area contributed by atoms with Crippen molar-refractivity contribution in [1.82, 2.24) is 10.6 Å². The van der Waals surface area contributed by atoms with E-state index < -0.39 is 0 Å². The summed E-state index contributed by atoms with van der Waals surface area (Å²) in [7, 11) is 0. The molecule has 0 atom stereocenters. The van der Waals surface area contributed by atoms with Crippen molar-refractivity contribution >= 4 is 29.5 Å². The third-order valence-electron chi connectivity index (χ3n) is 3.20. The van der Waals surface area contributed by atoms with Crippen LogP contribution >= 0.6 is 11.6 Å². The van der Waals surface area contributed by atoms with Crippen LogP contribution in [0.15, 0.2) is 65.3 Å². The number of halogens is 1. The van der Waals surface area contributed by atoms with Crippen LogP contribution in [-0.2, 0) is 11.3 Å². The lowest BCUT2D eigenvalue weighted by atomic mass is 10.2. The van der Waals surface area contributed by atoms with Gasteiger partial charge in [0.25, 0.3) is 5.91 Å². The topological polar surface area (TPSA) is 53.5 Å². The molecule has 2 aromatic rings. The van der Waals surface area contributed by atoms with Crippen molar-refractivity contribution in [2.45, 2.75) is 6.54 Å². The number of hydrogen-bond donors (Lipinski definition) is 2. The molecule has 4 nitrogen and oxygen atoms in total. The van der Waals surface area contributed by atoms with E-state index in [0.29, 0.717) is 23.2 Å². The zero-order valence-corrected chi connectivity index (χ0v) is 12.5. The van der Waals surface area contributed by atoms with Gasteiger partial charge in [0.1, 0.15) is 5.70 Å². The highest BCUT2D eigenvalue weighted by Crippen LogP contribution is 2.18. The van der Waals surface area contributed by atoms with Crippen LogP contribution in [0.5, 0.6) is 0 Å². The van der Waals surface area contributed by atoms with Crippen LogP contribution in [0, 0.1) is 0 Å². The van der Waals surface area contributed by atoms with Crippen LogP contribution in [0.4, 0.5) is 0 Å². The first-order valence-corrected chi connectivity index (χ1v) is 7.23. The number of carbonyl (C=O) groups excluding carboxylic acids is 1. The van der Waals surface area contributed by atoms with Gasteiger partial charge in [-0.15, -0.1) is 0 Å². The molecule has 22 heavy (non-hydrogen) atoms. The van der Waals surface area contributed by atoms with Gasteiger partial charge in [0, 0.05) is 5.02 Å². The molecule has 1 aliphatic rings. The molecule has 2 aromatic carbocycles. The number of hydrogen-bond acceptors (Lipinski definition) is 2. The van der Waals surface area contributed by atoms with Crippen LogP contribution in [-0.4, -0.2) is 11.9 Å². The SMILES string of the molecule is O=C1NC(=NCc2ccccc2)N/C1=C\c1ccccc1Cl. The Morgan fingerprint density at radius 1 is 1.00 bits per heavy atom. The summed E-state index contributed by atoms with van der Waals surface area (Å²) in [6.45, 7) is 0.503. The van der Waals surface area contributed by atoms with Gasteiger partial charge in [-0.25, -0.2) is 4.99 Å². The van der Waals surface area contributed by atoms with Crippen molar-refractivity contribution in [2.24, 2.45) is 4.99 Å². The first-order chi connectivity index (χ1) is 10.7. The van der Waals surface area contributed by atoms with Crippen LogP contribution in [0.2, 0.25) is 5.02 Å². The Kier molecular flexibility index (Phi) is 4.21. The molecule has 0 aliphatic carbocycles. The standard InChI is InChI=1S/C17H14ClN3O/c18-14-9-5-4-8-13(14)10-15-16(22)21-17(20-15)19-11-12-6-2-1-3-7-12/h1-10H,11H2,(H2,19,20,21,22)/b15-10-. The lowest BCUT2D eigenvalue weighted by molar-refractivity contribution is -0.115. The number of rotatable bonds is 3. The molecular formula is C17H14ClN3O. The number of guanidine groups is 1. The van der Waals surface area contributed by atoms with Crippen molar-refractivity contribution in [2.75, 3.05) is 0 Å². The highest BCUT2D eigenvalue weighted by Gasteiger charge is 2.21. The molecule has 0 saturated carbocycles. The Labute approximate surface area is 133 Å². The van der Waals surface area contributed by atoms with E-state index >= 15 is 0 Å². The highest BCUT2D eigenvalue weighted by molar-refractivity contribution is 6.32. The summed E-state index contributed by atoms with van der Waals surface area (Å²) in [5.74, 6) is 0.235. The van der Waals surface area contributed by atoms with Gasteiger partial charge in [0.15, 0.2) is 0 Å². The van der Waals surface area contributed by atoms with E-state index in [2.05, 4.69) is 15.6 Å². The van der Waals surface area contributed by atoms with Crippen LogP contribution < -0.4 is 10.6 Å². The Morgan fingerprint density at radius 3 is 2.50 bits per heavy atom. The monoisotopic (exact) mass is 311 g/mol. The van der Waals surface area contributed by atoms with Gasteiger partial charge in [-0.3, -0.25) is 10.1 Å². The summed E-state index contributed by atoms with van der Waals surface area (Å²) < 4.78 is 0. The molecule has 1 fully saturated rings. The van der Waals surface area contributed by atoms with Gasteiger partial charge in [-0.05, 0) is 23.3 Å². The second kappa shape index (κ2) is 6.45. The van der Waals surface area contributed by atoms with Crippen molar-refractivity contribution in [3.05, 3.63) is 76.4 Å². The van der Waals surface area contributed by atoms with Gasteiger partial charge in [-0.1, -0.05) is 60.1 Å². The third kappa shape index (κ3) is 3.35. The van der Waals surface area contributed by atoms with E-state index in [4.69, 9.17) is 11.6 Å². The summed E-state index contributed by atoms with van der Waals surface area (Å²) in [4.78, 5) is 16.3. The average Bonchev–Trinajstić information content (AvgIpc) is 2.89. The number of amides is 1. The molecule has 0 spiro atoms. The van der Waals surface area contributed by atoms with E-state index in [9.17, 15) is 4.79 Å². The number of benzene rings is 2. The minimum atomic E-state index is -0.216. The fourth-order valence-corrected chi connectivity index (χ4v) is 2.26. The molecule has 1 heterocycles. The van der Waals surface area contributed by atoms with Crippen molar-refractivity contribution in [3.8, 4) is 0 Å². The van der Waals surface area contributed by atoms with E-state index in [1.54, 1.807) is 12.1 Å². The van der Waals surface area contributed by atoms with Crippen molar-refractivity contribution in [3.63, 3.8) is 0 Å². The van der Waals surface area contributed by atoms with E-state index in [-0.39, 0.29) is 5.91 Å². The van der Waals surface area contributed by atoms with Gasteiger partial charge >= 0.3 is 0 Å². The quantitative estimate of drug-likeness (QED) is 0.856. The molecule has 2 N–H and O–H groups in total. The maximum absolute atomic E-state index is 11.9. The Hall–Kier alpha value is -2.59. The zero-order chi connectivity index (χ0) is 15.4. The first kappa shape index (κ1) is 14.4. The number of nitrogens with one attached hydrogen (secondary N) is 2. The predicted molar refractivity (Wildman–Crippen MR) is 88.3 cm³/mol. The summed E-state index contributed by atoms with van der Waals surface area (Å²) in [5.41, 5.74) is 2.29. The van der Waals surface area contributed by atoms with Crippen LogP contribution in [0.25, 0.3) is 6.08 Å². The molecule has 0 unspecified atom stereocenters. The average molecular weight is 312 g/mol. The molecule has 1 amide bonds. The second-order valence-electron chi connectivity index (χ2n) is 4.81. The van der Waals surface area contributed by atoms with Crippen LogP contribution in [0.3, 0.4) is 0 Å². The third-order valence-corrected chi connectivity index (χ3v) is 3.54. The molecule has 1 aliphatic heterocycles. The minimum Gasteiger partial charge on any atom is -0.321 e. The van der Waals surface area contributed by atoms with Gasteiger partial charge in [0.2, 0.25) is 5.96 Å². The summed E-state index contributed by atoms with van der Waals surface area (Å²) in [6.07, 6.45) is 1.71. The largest absolute Gasteiger partial charge is 0.321 e. The van der Waals surface area contributed by atoms with E-state index in [1.807, 2.05) is 48.5 Å². The van der Waals surface area contributed by atoms with Crippen molar-refractivity contribution < 1.29 is 4.79 Å². The van der Waals surface area contributed by atoms with Gasteiger partial charge in [-0.2, -0.15) is 0 Å². The molecule has 0 aromatic heterocycles. The lowest BCUT2D eigenvalue weighted by Gasteiger charge is -2.00. The molecule has 0 radical (unpaired) electrons. The van der Waals surface area contributed by atoms with Crippen LogP contribution in [0.1, 0.15) is 11.1 Å². The number of aliphatic imine (C=N–C) groups is 1. The van der Waals surface area contributed by atoms with Gasteiger partial charge < -0.3 is 5.32 Å². The fourth-order valence-electron chi connectivity index (χ4n) is 2.07. The highest BCUT2D eigenvalue weighted by atomic mass is 35.5. The first-order valence-electron chi connectivity index (χ1n) is 6.85. The van der Waals surface area contributed by atoms with Crippen molar-refractivity contribution in [1.29, 1.82) is 0 Å². The molecule has 0 bridgehead atoms. The smallest absolute Gasteiger partial charge is 0.274 e. The Bertz CT molecular complexity index is 754. The minimum absolute atomic E-state index is 0.216. The zero-order valence-electron chi connectivity index (χ0n) is 11.7. The molecule has 110 valence electrons. The Balaban J connectivity index is 1.75. The maximum atomic E-state index is 11.9. The number of nitrogens with zero attached hydrogens (tertiary/aromatic N) is 1.